The van der Waals surface area contributed by atoms with Crippen molar-refractivity contribution < 1.29 is 19.1 Å². The van der Waals surface area contributed by atoms with Crippen molar-refractivity contribution in [2.45, 2.75) is 0 Å². The number of methoxy groups -OCH3 is 1. The van der Waals surface area contributed by atoms with Gasteiger partial charge in [-0.05, 0) is 35.9 Å². The Bertz CT molecular complexity index is 886. The Labute approximate surface area is 138 Å². The molecule has 6 heteroatoms. The van der Waals surface area contributed by atoms with Crippen molar-refractivity contribution in [3.05, 3.63) is 65.2 Å². The predicted octanol–water partition coefficient (Wildman–Crippen LogP) is 2.11. The van der Waals surface area contributed by atoms with Crippen molar-refractivity contribution in [3.8, 4) is 5.75 Å². The van der Waals surface area contributed by atoms with Gasteiger partial charge in [0.15, 0.2) is 0 Å². The second-order valence-electron chi connectivity index (χ2n) is 5.16. The van der Waals surface area contributed by atoms with Crippen molar-refractivity contribution in [1.82, 2.24) is 4.90 Å². The van der Waals surface area contributed by atoms with Gasteiger partial charge in [0.25, 0.3) is 17.7 Å². The van der Waals surface area contributed by atoms with Crippen molar-refractivity contribution in [2.75, 3.05) is 12.8 Å². The van der Waals surface area contributed by atoms with Gasteiger partial charge in [0, 0.05) is 11.8 Å². The molecule has 6 nitrogen and oxygen atoms in total. The Balaban J connectivity index is 1.86. The van der Waals surface area contributed by atoms with Gasteiger partial charge in [-0.3, -0.25) is 14.4 Å². The Hall–Kier alpha value is -3.41. The number of carbonyl (C=O) groups excluding carboxylic acids is 3. The van der Waals surface area contributed by atoms with E-state index in [1.807, 2.05) is 0 Å². The van der Waals surface area contributed by atoms with E-state index in [1.165, 1.54) is 31.4 Å². The molecular formula is C18H14N2O4. The van der Waals surface area contributed by atoms with Crippen LogP contribution in [0.5, 0.6) is 5.75 Å². The smallest absolute Gasteiger partial charge is 0.270 e. The van der Waals surface area contributed by atoms with Crippen LogP contribution in [0.25, 0.3) is 6.08 Å². The maximum atomic E-state index is 12.3. The van der Waals surface area contributed by atoms with E-state index in [4.69, 9.17) is 10.5 Å². The molecule has 0 fully saturated rings. The van der Waals surface area contributed by atoms with Gasteiger partial charge < -0.3 is 10.5 Å². The van der Waals surface area contributed by atoms with Gasteiger partial charge in [-0.2, -0.15) is 0 Å². The highest BCUT2D eigenvalue weighted by Gasteiger charge is 2.40. The van der Waals surface area contributed by atoms with Gasteiger partial charge >= 0.3 is 0 Å². The Morgan fingerprint density at radius 1 is 1.12 bits per heavy atom. The van der Waals surface area contributed by atoms with Crippen LogP contribution in [0.15, 0.2) is 48.5 Å². The second kappa shape index (κ2) is 6.00. The minimum absolute atomic E-state index is 0.0747. The van der Waals surface area contributed by atoms with Gasteiger partial charge in [0.1, 0.15) is 5.75 Å². The third-order valence-corrected chi connectivity index (χ3v) is 3.68. The highest BCUT2D eigenvalue weighted by Crippen LogP contribution is 2.27. The second-order valence-corrected chi connectivity index (χ2v) is 5.16. The predicted molar refractivity (Wildman–Crippen MR) is 88.4 cm³/mol. The van der Waals surface area contributed by atoms with E-state index in [2.05, 4.69) is 0 Å². The number of nitrogens with two attached hydrogens (primary N) is 1. The molecule has 24 heavy (non-hydrogen) atoms. The normalized spacial score (nSPS) is 13.5. The Kier molecular flexibility index (Phi) is 3.87. The molecule has 0 aromatic heterocycles. The minimum Gasteiger partial charge on any atom is -0.497 e. The zero-order valence-corrected chi connectivity index (χ0v) is 12.9. The number of hydrogen-bond acceptors (Lipinski definition) is 5. The molecular weight excluding hydrogens is 308 g/mol. The van der Waals surface area contributed by atoms with Crippen LogP contribution >= 0.6 is 0 Å². The monoisotopic (exact) mass is 322 g/mol. The summed E-state index contributed by atoms with van der Waals surface area (Å²) in [6.07, 6.45) is 2.68. The number of fused-ring (bicyclic) bond motifs is 1. The summed E-state index contributed by atoms with van der Waals surface area (Å²) in [6, 6.07) is 11.6. The van der Waals surface area contributed by atoms with Gasteiger partial charge in [0.2, 0.25) is 0 Å². The molecule has 3 amide bonds. The summed E-state index contributed by atoms with van der Waals surface area (Å²) in [7, 11) is 1.54. The van der Waals surface area contributed by atoms with E-state index >= 15 is 0 Å². The average molecular weight is 322 g/mol. The van der Waals surface area contributed by atoms with E-state index in [9.17, 15) is 14.4 Å². The fourth-order valence-electron chi connectivity index (χ4n) is 2.50. The fourth-order valence-corrected chi connectivity index (χ4v) is 2.50. The number of anilines is 1. The number of ether oxygens (including phenoxy) is 1. The first-order valence-electron chi connectivity index (χ1n) is 7.16. The quantitative estimate of drug-likeness (QED) is 0.531. The SMILES string of the molecule is COc1cccc(C=CC(=O)N2C(=O)c3cccc(N)c3C2=O)c1. The lowest BCUT2D eigenvalue weighted by atomic mass is 10.1. The zero-order valence-electron chi connectivity index (χ0n) is 12.9. The Morgan fingerprint density at radius 3 is 2.58 bits per heavy atom. The van der Waals surface area contributed by atoms with Crippen LogP contribution in [0, 0.1) is 0 Å². The molecule has 2 N–H and O–H groups in total. The van der Waals surface area contributed by atoms with E-state index in [-0.39, 0.29) is 16.8 Å². The van der Waals surface area contributed by atoms with E-state index in [1.54, 1.807) is 30.3 Å². The largest absolute Gasteiger partial charge is 0.497 e. The van der Waals surface area contributed by atoms with Crippen molar-refractivity contribution in [3.63, 3.8) is 0 Å². The topological polar surface area (TPSA) is 89.7 Å². The van der Waals surface area contributed by atoms with Gasteiger partial charge in [-0.25, -0.2) is 4.90 Å². The molecule has 0 atom stereocenters. The molecule has 0 radical (unpaired) electrons. The number of nitrogens with zero attached hydrogens (tertiary/aromatic N) is 1. The summed E-state index contributed by atoms with van der Waals surface area (Å²) in [5.74, 6) is -1.45. The van der Waals surface area contributed by atoms with Crippen LogP contribution in [0.1, 0.15) is 26.3 Å². The summed E-state index contributed by atoms with van der Waals surface area (Å²) in [6.45, 7) is 0. The summed E-state index contributed by atoms with van der Waals surface area (Å²) in [5.41, 5.74) is 6.84. The molecule has 1 aliphatic heterocycles. The van der Waals surface area contributed by atoms with Gasteiger partial charge in [-0.1, -0.05) is 18.2 Å². The lowest BCUT2D eigenvalue weighted by molar-refractivity contribution is -0.121. The minimum atomic E-state index is -0.719. The highest BCUT2D eigenvalue weighted by molar-refractivity contribution is 6.32. The van der Waals surface area contributed by atoms with Crippen molar-refractivity contribution in [2.24, 2.45) is 0 Å². The molecule has 3 rings (SSSR count). The highest BCUT2D eigenvalue weighted by atomic mass is 16.5. The third-order valence-electron chi connectivity index (χ3n) is 3.68. The molecule has 2 aromatic carbocycles. The van der Waals surface area contributed by atoms with E-state index in [0.717, 1.165) is 0 Å². The first kappa shape index (κ1) is 15.5. The standard InChI is InChI=1S/C18H14N2O4/c1-24-12-5-2-4-11(10-12)8-9-15(21)20-17(22)13-6-3-7-14(19)16(13)18(20)23/h2-10H,19H2,1H3. The number of imide groups is 3. The number of rotatable bonds is 3. The summed E-state index contributed by atoms with van der Waals surface area (Å²) in [4.78, 5) is 37.5. The fraction of sp³-hybridized carbons (Fsp3) is 0.0556. The number of amides is 3. The van der Waals surface area contributed by atoms with Crippen LogP contribution in [-0.2, 0) is 4.79 Å². The zero-order chi connectivity index (χ0) is 17.3. The number of benzene rings is 2. The third kappa shape index (κ3) is 2.54. The van der Waals surface area contributed by atoms with Crippen LogP contribution in [0.3, 0.4) is 0 Å². The Morgan fingerprint density at radius 2 is 1.88 bits per heavy atom. The molecule has 0 saturated heterocycles. The lowest BCUT2D eigenvalue weighted by Gasteiger charge is -2.08. The van der Waals surface area contributed by atoms with E-state index in [0.29, 0.717) is 16.2 Å². The van der Waals surface area contributed by atoms with Crippen molar-refractivity contribution in [1.29, 1.82) is 0 Å². The molecule has 1 heterocycles. The maximum absolute atomic E-state index is 12.3. The van der Waals surface area contributed by atoms with Crippen LogP contribution in [-0.4, -0.2) is 29.7 Å². The van der Waals surface area contributed by atoms with Crippen LogP contribution in [0.4, 0.5) is 5.69 Å². The van der Waals surface area contributed by atoms with Gasteiger partial charge in [0.05, 0.1) is 18.2 Å². The van der Waals surface area contributed by atoms with E-state index < -0.39 is 17.7 Å². The number of hydrogen-bond donors (Lipinski definition) is 1. The van der Waals surface area contributed by atoms with Crippen LogP contribution < -0.4 is 10.5 Å². The molecule has 120 valence electrons. The molecule has 0 unspecified atom stereocenters. The summed E-state index contributed by atoms with van der Waals surface area (Å²) < 4.78 is 5.10. The lowest BCUT2D eigenvalue weighted by Crippen LogP contribution is -2.34. The summed E-state index contributed by atoms with van der Waals surface area (Å²) in [5, 5.41) is 0. The first-order chi connectivity index (χ1) is 11.5. The molecule has 0 saturated carbocycles. The molecule has 1 aliphatic rings. The first-order valence-corrected chi connectivity index (χ1v) is 7.16. The van der Waals surface area contributed by atoms with Gasteiger partial charge in [-0.15, -0.1) is 0 Å². The maximum Gasteiger partial charge on any atom is 0.270 e. The number of nitrogen functional groups attached to an aromatic ring is 1. The van der Waals surface area contributed by atoms with Crippen molar-refractivity contribution >= 4 is 29.5 Å². The molecule has 0 bridgehead atoms. The average Bonchev–Trinajstić information content (AvgIpc) is 2.85. The molecule has 0 aliphatic carbocycles. The summed E-state index contributed by atoms with van der Waals surface area (Å²) >= 11 is 0. The number of carbonyl (C=O) groups is 3. The molecule has 0 spiro atoms. The molecule has 2 aromatic rings. The van der Waals surface area contributed by atoms with Crippen LogP contribution in [0.2, 0.25) is 0 Å².